The van der Waals surface area contributed by atoms with Crippen LogP contribution < -0.4 is 10.6 Å². The summed E-state index contributed by atoms with van der Waals surface area (Å²) in [5.41, 5.74) is 3.48. The number of hydrogen-bond donors (Lipinski definition) is 2. The van der Waals surface area contributed by atoms with Gasteiger partial charge < -0.3 is 10.6 Å². The fourth-order valence-corrected chi connectivity index (χ4v) is 2.38. The molecule has 2 N–H and O–H groups in total. The van der Waals surface area contributed by atoms with Crippen LogP contribution in [-0.2, 0) is 17.6 Å². The predicted octanol–water partition coefficient (Wildman–Crippen LogP) is 2.36. The van der Waals surface area contributed by atoms with Gasteiger partial charge in [-0.1, -0.05) is 26.0 Å². The fourth-order valence-electron chi connectivity index (χ4n) is 2.38. The van der Waals surface area contributed by atoms with E-state index in [4.69, 9.17) is 0 Å². The molecule has 1 aromatic carbocycles. The second-order valence-electron chi connectivity index (χ2n) is 4.88. The van der Waals surface area contributed by atoms with Gasteiger partial charge >= 0.3 is 0 Å². The average Bonchev–Trinajstić information content (AvgIpc) is 2.92. The van der Waals surface area contributed by atoms with Crippen LogP contribution in [-0.4, -0.2) is 19.0 Å². The van der Waals surface area contributed by atoms with Gasteiger partial charge in [0.05, 0.1) is 5.92 Å². The van der Waals surface area contributed by atoms with Gasteiger partial charge in [-0.3, -0.25) is 4.79 Å². The number of benzene rings is 1. The van der Waals surface area contributed by atoms with Gasteiger partial charge in [0, 0.05) is 12.2 Å². The van der Waals surface area contributed by atoms with Gasteiger partial charge in [-0.15, -0.1) is 0 Å². The molecule has 18 heavy (non-hydrogen) atoms. The average molecular weight is 246 g/mol. The van der Waals surface area contributed by atoms with E-state index in [0.29, 0.717) is 0 Å². The van der Waals surface area contributed by atoms with E-state index in [-0.39, 0.29) is 11.8 Å². The van der Waals surface area contributed by atoms with Crippen molar-refractivity contribution in [2.45, 2.75) is 33.1 Å². The van der Waals surface area contributed by atoms with Crippen LogP contribution in [0, 0.1) is 5.92 Å². The van der Waals surface area contributed by atoms with E-state index in [2.05, 4.69) is 42.7 Å². The molecule has 1 unspecified atom stereocenters. The summed E-state index contributed by atoms with van der Waals surface area (Å²) >= 11 is 0. The quantitative estimate of drug-likeness (QED) is 0.856. The molecule has 0 radical (unpaired) electrons. The summed E-state index contributed by atoms with van der Waals surface area (Å²) in [6.07, 6.45) is 2.89. The molecule has 0 spiro atoms. The van der Waals surface area contributed by atoms with E-state index in [1.54, 1.807) is 0 Å². The Morgan fingerprint density at radius 2 is 2.22 bits per heavy atom. The van der Waals surface area contributed by atoms with Crippen molar-refractivity contribution in [3.05, 3.63) is 29.3 Å². The van der Waals surface area contributed by atoms with E-state index < -0.39 is 0 Å². The van der Waals surface area contributed by atoms with Gasteiger partial charge in [-0.25, -0.2) is 0 Å². The summed E-state index contributed by atoms with van der Waals surface area (Å²) in [4.78, 5) is 12.1. The van der Waals surface area contributed by atoms with Gasteiger partial charge in [-0.2, -0.15) is 0 Å². The molecular weight excluding hydrogens is 224 g/mol. The number of amides is 1. The maximum Gasteiger partial charge on any atom is 0.228 e. The van der Waals surface area contributed by atoms with E-state index in [0.717, 1.165) is 38.0 Å². The van der Waals surface area contributed by atoms with Gasteiger partial charge in [0.15, 0.2) is 0 Å². The van der Waals surface area contributed by atoms with Crippen LogP contribution >= 0.6 is 0 Å². The van der Waals surface area contributed by atoms with Crippen molar-refractivity contribution >= 4 is 11.6 Å². The summed E-state index contributed by atoms with van der Waals surface area (Å²) in [5.74, 6) is 0.281. The third-order valence-electron chi connectivity index (χ3n) is 3.65. The summed E-state index contributed by atoms with van der Waals surface area (Å²) in [7, 11) is 0. The first-order valence-corrected chi connectivity index (χ1v) is 6.88. The van der Waals surface area contributed by atoms with Crippen LogP contribution in [0.4, 0.5) is 5.69 Å². The van der Waals surface area contributed by atoms with E-state index in [1.165, 1.54) is 11.1 Å². The lowest BCUT2D eigenvalue weighted by atomic mass is 10.0. The van der Waals surface area contributed by atoms with Crippen molar-refractivity contribution in [1.82, 2.24) is 5.32 Å². The highest BCUT2D eigenvalue weighted by Gasteiger charge is 2.22. The van der Waals surface area contributed by atoms with Crippen molar-refractivity contribution in [3.63, 3.8) is 0 Å². The van der Waals surface area contributed by atoms with Crippen molar-refractivity contribution < 1.29 is 4.79 Å². The van der Waals surface area contributed by atoms with Crippen LogP contribution in [0.25, 0.3) is 0 Å². The summed E-state index contributed by atoms with van der Waals surface area (Å²) in [6.45, 7) is 6.01. The summed E-state index contributed by atoms with van der Waals surface area (Å²) in [6, 6.07) is 6.38. The Morgan fingerprint density at radius 1 is 1.39 bits per heavy atom. The number of anilines is 1. The molecule has 0 aromatic heterocycles. The Morgan fingerprint density at radius 3 is 2.83 bits per heavy atom. The lowest BCUT2D eigenvalue weighted by molar-refractivity contribution is -0.119. The van der Waals surface area contributed by atoms with Crippen molar-refractivity contribution in [2.75, 3.05) is 18.4 Å². The number of rotatable bonds is 4. The zero-order valence-electron chi connectivity index (χ0n) is 11.3. The number of carbonyl (C=O) groups excluding carboxylic acids is 1. The third kappa shape index (κ3) is 2.91. The first-order chi connectivity index (χ1) is 8.74. The van der Waals surface area contributed by atoms with Crippen LogP contribution in [0.1, 0.15) is 31.4 Å². The van der Waals surface area contributed by atoms with E-state index in [9.17, 15) is 4.79 Å². The summed E-state index contributed by atoms with van der Waals surface area (Å²) < 4.78 is 0. The SMILES string of the molecule is CCc1ccc(CC)c(NC(=O)C2CCNC2)c1. The van der Waals surface area contributed by atoms with Crippen molar-refractivity contribution in [2.24, 2.45) is 5.92 Å². The first kappa shape index (κ1) is 13.1. The maximum absolute atomic E-state index is 12.1. The lowest BCUT2D eigenvalue weighted by Gasteiger charge is -2.14. The van der Waals surface area contributed by atoms with E-state index in [1.807, 2.05) is 0 Å². The molecule has 3 nitrogen and oxygen atoms in total. The number of aryl methyl sites for hydroxylation is 2. The predicted molar refractivity (Wildman–Crippen MR) is 74.8 cm³/mol. The second kappa shape index (κ2) is 6.01. The van der Waals surface area contributed by atoms with Crippen LogP contribution in [0.3, 0.4) is 0 Å². The van der Waals surface area contributed by atoms with Crippen LogP contribution in [0.15, 0.2) is 18.2 Å². The topological polar surface area (TPSA) is 41.1 Å². The number of carbonyl (C=O) groups is 1. The standard InChI is InChI=1S/C15H22N2O/c1-3-11-5-6-12(4-2)14(9-11)17-15(18)13-7-8-16-10-13/h5-6,9,13,16H,3-4,7-8,10H2,1-2H3,(H,17,18). The Labute approximate surface area is 109 Å². The minimum absolute atomic E-state index is 0.125. The third-order valence-corrected chi connectivity index (χ3v) is 3.65. The van der Waals surface area contributed by atoms with Gasteiger partial charge in [-0.05, 0) is 43.0 Å². The van der Waals surface area contributed by atoms with E-state index >= 15 is 0 Å². The smallest absolute Gasteiger partial charge is 0.228 e. The van der Waals surface area contributed by atoms with Crippen LogP contribution in [0.5, 0.6) is 0 Å². The zero-order chi connectivity index (χ0) is 13.0. The van der Waals surface area contributed by atoms with Crippen molar-refractivity contribution in [1.29, 1.82) is 0 Å². The molecule has 1 atom stereocenters. The Kier molecular flexibility index (Phi) is 4.37. The van der Waals surface area contributed by atoms with Gasteiger partial charge in [0.1, 0.15) is 0 Å². The summed E-state index contributed by atoms with van der Waals surface area (Å²) in [5, 5.41) is 6.33. The molecule has 0 bridgehead atoms. The molecule has 3 heteroatoms. The number of nitrogens with one attached hydrogen (secondary N) is 2. The molecule has 98 valence electrons. The van der Waals surface area contributed by atoms with Gasteiger partial charge in [0.25, 0.3) is 0 Å². The fraction of sp³-hybridized carbons (Fsp3) is 0.533. The zero-order valence-corrected chi connectivity index (χ0v) is 11.3. The van der Waals surface area contributed by atoms with Crippen LogP contribution in [0.2, 0.25) is 0 Å². The molecule has 2 rings (SSSR count). The minimum Gasteiger partial charge on any atom is -0.326 e. The molecule has 1 aliphatic heterocycles. The molecule has 0 aliphatic carbocycles. The second-order valence-corrected chi connectivity index (χ2v) is 4.88. The monoisotopic (exact) mass is 246 g/mol. The molecule has 1 aliphatic rings. The van der Waals surface area contributed by atoms with Gasteiger partial charge in [0.2, 0.25) is 5.91 Å². The molecular formula is C15H22N2O. The molecule has 1 heterocycles. The molecule has 0 saturated carbocycles. The lowest BCUT2D eigenvalue weighted by Crippen LogP contribution is -2.25. The molecule has 1 saturated heterocycles. The minimum atomic E-state index is 0.125. The molecule has 1 aromatic rings. The molecule has 1 fully saturated rings. The molecule has 1 amide bonds. The highest BCUT2D eigenvalue weighted by atomic mass is 16.1. The Hall–Kier alpha value is -1.35. The normalized spacial score (nSPS) is 18.9. The maximum atomic E-state index is 12.1. The highest BCUT2D eigenvalue weighted by Crippen LogP contribution is 2.20. The highest BCUT2D eigenvalue weighted by molar-refractivity contribution is 5.93. The number of hydrogen-bond acceptors (Lipinski definition) is 2. The Bertz CT molecular complexity index is 423. The van der Waals surface area contributed by atoms with Crippen molar-refractivity contribution in [3.8, 4) is 0 Å². The first-order valence-electron chi connectivity index (χ1n) is 6.88. The largest absolute Gasteiger partial charge is 0.326 e. The Balaban J connectivity index is 2.13.